The summed E-state index contributed by atoms with van der Waals surface area (Å²) in [5, 5.41) is 11.3. The average Bonchev–Trinajstić information content (AvgIpc) is 3.08. The Morgan fingerprint density at radius 1 is 0.863 bits per heavy atom. The average molecular weight is 720 g/mol. The largest absolute Gasteiger partial charge is 0.379 e. The predicted molar refractivity (Wildman–Crippen MR) is 193 cm³/mol. The molecule has 14 nitrogen and oxygen atoms in total. The summed E-state index contributed by atoms with van der Waals surface area (Å²) in [6, 6.07) is -4.03. The maximum atomic E-state index is 14.2. The maximum Gasteiger partial charge on any atom is 0.246 e. The second-order valence-electron chi connectivity index (χ2n) is 15.7. The molecule has 0 aromatic rings. The Bertz CT molecular complexity index is 1190. The van der Waals surface area contributed by atoms with E-state index in [9.17, 15) is 24.0 Å². The van der Waals surface area contributed by atoms with Gasteiger partial charge in [0.2, 0.25) is 29.5 Å². The first-order valence-corrected chi connectivity index (χ1v) is 19.5. The first kappa shape index (κ1) is 41.0. The van der Waals surface area contributed by atoms with Gasteiger partial charge in [-0.3, -0.25) is 24.0 Å². The number of hydrogen-bond acceptors (Lipinski definition) is 9. The molecule has 14 heteroatoms. The summed E-state index contributed by atoms with van der Waals surface area (Å²) in [6.45, 7) is 5.81. The number of rotatable bonds is 11. The van der Waals surface area contributed by atoms with E-state index in [1.54, 1.807) is 14.0 Å². The normalized spacial score (nSPS) is 32.2. The van der Waals surface area contributed by atoms with E-state index in [1.807, 2.05) is 13.8 Å². The Kier molecular flexibility index (Phi) is 15.5. The van der Waals surface area contributed by atoms with Crippen LogP contribution in [0.25, 0.3) is 0 Å². The molecule has 0 aromatic carbocycles. The van der Waals surface area contributed by atoms with Gasteiger partial charge >= 0.3 is 0 Å². The van der Waals surface area contributed by atoms with Gasteiger partial charge in [0.25, 0.3) is 0 Å². The fraction of sp³-hybridized carbons (Fsp3) is 0.865. The van der Waals surface area contributed by atoms with E-state index in [2.05, 4.69) is 21.3 Å². The number of carbonyl (C=O) groups excluding carboxylic acids is 5. The second-order valence-corrected chi connectivity index (χ2v) is 15.7. The lowest BCUT2D eigenvalue weighted by Gasteiger charge is -2.55. The Morgan fingerprint density at radius 3 is 2.14 bits per heavy atom. The molecule has 0 bridgehead atoms. The van der Waals surface area contributed by atoms with Gasteiger partial charge in [-0.2, -0.15) is 0 Å². The Labute approximate surface area is 304 Å². The smallest absolute Gasteiger partial charge is 0.246 e. The third kappa shape index (κ3) is 10.9. The molecule has 290 valence electrons. The van der Waals surface area contributed by atoms with Crippen molar-refractivity contribution >= 4 is 29.5 Å². The number of nitrogens with two attached hydrogens (primary N) is 2. The van der Waals surface area contributed by atoms with Crippen molar-refractivity contribution in [3.63, 3.8) is 0 Å². The summed E-state index contributed by atoms with van der Waals surface area (Å²) in [5.74, 6) is -2.70. The predicted octanol–water partition coefficient (Wildman–Crippen LogP) is 1.44. The number of hydrogen-bond donors (Lipinski definition) is 6. The zero-order valence-corrected chi connectivity index (χ0v) is 31.4. The van der Waals surface area contributed by atoms with E-state index in [1.165, 1.54) is 24.2 Å². The van der Waals surface area contributed by atoms with E-state index >= 15 is 0 Å². The number of nitrogens with zero attached hydrogens (tertiary/aromatic N) is 1. The van der Waals surface area contributed by atoms with E-state index in [0.29, 0.717) is 50.2 Å². The summed E-state index contributed by atoms with van der Waals surface area (Å²) in [6.07, 6.45) is 11.3. The third-order valence-corrected chi connectivity index (χ3v) is 11.8. The van der Waals surface area contributed by atoms with Gasteiger partial charge in [0.1, 0.15) is 30.4 Å². The van der Waals surface area contributed by atoms with Gasteiger partial charge < -0.3 is 47.1 Å². The highest BCUT2D eigenvalue weighted by Gasteiger charge is 2.49. The van der Waals surface area contributed by atoms with Crippen molar-refractivity contribution in [1.82, 2.24) is 26.2 Å². The highest BCUT2D eigenvalue weighted by molar-refractivity contribution is 5.96. The van der Waals surface area contributed by atoms with Crippen LogP contribution >= 0.6 is 0 Å². The zero-order valence-electron chi connectivity index (χ0n) is 31.4. The Hall–Kier alpha value is -2.81. The summed E-state index contributed by atoms with van der Waals surface area (Å²) in [5.41, 5.74) is 12.1. The van der Waals surface area contributed by atoms with Gasteiger partial charge in [0.15, 0.2) is 0 Å². The van der Waals surface area contributed by atoms with Gasteiger partial charge in [-0.1, -0.05) is 46.0 Å². The summed E-state index contributed by atoms with van der Waals surface area (Å²) >= 11 is 0. The van der Waals surface area contributed by atoms with Crippen molar-refractivity contribution in [2.75, 3.05) is 33.4 Å². The van der Waals surface area contributed by atoms with Gasteiger partial charge in [0.05, 0.1) is 18.6 Å². The van der Waals surface area contributed by atoms with E-state index in [-0.39, 0.29) is 25.0 Å². The molecule has 1 saturated heterocycles. The van der Waals surface area contributed by atoms with E-state index in [4.69, 9.17) is 20.9 Å². The molecular weight excluding hydrogens is 654 g/mol. The minimum absolute atomic E-state index is 0.137. The Morgan fingerprint density at radius 2 is 1.53 bits per heavy atom. The molecule has 0 unspecified atom stereocenters. The molecule has 51 heavy (non-hydrogen) atoms. The molecule has 0 aromatic heterocycles. The van der Waals surface area contributed by atoms with Gasteiger partial charge in [0, 0.05) is 20.2 Å². The van der Waals surface area contributed by atoms with Crippen molar-refractivity contribution in [1.29, 1.82) is 0 Å². The molecule has 8 N–H and O–H groups in total. The number of ether oxygens (including phenoxy) is 2. The number of carbonyl (C=O) groups is 5. The Balaban J connectivity index is 1.65. The van der Waals surface area contributed by atoms with Gasteiger partial charge in [-0.15, -0.1) is 0 Å². The molecule has 4 rings (SSSR count). The fourth-order valence-electron chi connectivity index (χ4n) is 8.58. The highest BCUT2D eigenvalue weighted by atomic mass is 16.5. The van der Waals surface area contributed by atoms with Crippen LogP contribution < -0.4 is 32.7 Å². The zero-order chi connectivity index (χ0) is 37.1. The molecule has 1 aliphatic heterocycles. The van der Waals surface area contributed by atoms with Crippen LogP contribution in [0, 0.1) is 23.2 Å². The van der Waals surface area contributed by atoms with Crippen molar-refractivity contribution in [2.45, 2.75) is 147 Å². The highest BCUT2D eigenvalue weighted by Crippen LogP contribution is 2.60. The SMILES string of the molecule is CCC[C@H]1C(=O)N[C@@H](C2CCCCC2)C(=O)N[C@@H](CN)C(=O)N[C@@H](COCCCN)C(=O)N[C@H](C)O[C@H](CC2CC3(CCC3)C2)[C@@H](C)C(=O)N1C. The van der Waals surface area contributed by atoms with Crippen LogP contribution in [0.2, 0.25) is 0 Å². The molecule has 7 atom stereocenters. The number of nitrogens with one attached hydrogen (secondary N) is 4. The molecule has 3 saturated carbocycles. The van der Waals surface area contributed by atoms with Crippen LogP contribution in [-0.4, -0.2) is 104 Å². The maximum absolute atomic E-state index is 14.2. The van der Waals surface area contributed by atoms with Crippen LogP contribution in [0.15, 0.2) is 0 Å². The third-order valence-electron chi connectivity index (χ3n) is 11.8. The summed E-state index contributed by atoms with van der Waals surface area (Å²) < 4.78 is 12.2. The molecular formula is C37H65N7O7. The molecule has 4 fully saturated rings. The molecule has 4 aliphatic rings. The minimum Gasteiger partial charge on any atom is -0.379 e. The second kappa shape index (κ2) is 19.3. The van der Waals surface area contributed by atoms with Crippen LogP contribution in [0.3, 0.4) is 0 Å². The van der Waals surface area contributed by atoms with Crippen molar-refractivity contribution in [3.05, 3.63) is 0 Å². The van der Waals surface area contributed by atoms with Crippen molar-refractivity contribution in [2.24, 2.45) is 34.6 Å². The number of likely N-dealkylation sites (N-methyl/N-ethyl adjacent to an activating group) is 1. The lowest BCUT2D eigenvalue weighted by molar-refractivity contribution is -0.152. The van der Waals surface area contributed by atoms with E-state index in [0.717, 1.165) is 44.9 Å². The van der Waals surface area contributed by atoms with Crippen molar-refractivity contribution in [3.8, 4) is 0 Å². The summed E-state index contributed by atoms with van der Waals surface area (Å²) in [7, 11) is 1.64. The first-order chi connectivity index (χ1) is 24.4. The number of amides is 5. The van der Waals surface area contributed by atoms with Gasteiger partial charge in [-0.05, 0) is 88.5 Å². The van der Waals surface area contributed by atoms with Gasteiger partial charge in [-0.25, -0.2) is 0 Å². The lowest BCUT2D eigenvalue weighted by atomic mass is 9.51. The van der Waals surface area contributed by atoms with Crippen LogP contribution in [0.1, 0.15) is 111 Å². The fourth-order valence-corrected chi connectivity index (χ4v) is 8.58. The van der Waals surface area contributed by atoms with E-state index < -0.39 is 66.0 Å². The lowest BCUT2D eigenvalue weighted by Crippen LogP contribution is -2.62. The quantitative estimate of drug-likeness (QED) is 0.171. The topological polar surface area (TPSA) is 207 Å². The van der Waals surface area contributed by atoms with Crippen LogP contribution in [0.5, 0.6) is 0 Å². The first-order valence-electron chi connectivity index (χ1n) is 19.5. The molecule has 5 amide bonds. The van der Waals surface area contributed by atoms with Crippen LogP contribution in [-0.2, 0) is 33.4 Å². The molecule has 3 aliphatic carbocycles. The molecule has 0 radical (unpaired) electrons. The van der Waals surface area contributed by atoms with Crippen LogP contribution in [0.4, 0.5) is 0 Å². The molecule has 1 spiro atoms. The summed E-state index contributed by atoms with van der Waals surface area (Å²) in [4.78, 5) is 71.0. The molecule has 1 heterocycles. The standard InChI is InChI=1S/C37H65N7O7/c1-5-11-29-34(47)43-31(26-12-7-6-8-13-26)35(48)41-27(21-39)32(45)42-28(22-50-17-10-16-38)33(46)40-24(3)51-30(23(2)36(49)44(29)4)18-25-19-37(20-25)14-9-15-37/h23-31H,5-22,38-39H2,1-4H3,(H,40,46)(H,41,48)(H,42,45)(H,43,47)/t23-,24+,27+,28+,29+,30-,31+/m1/s1. The van der Waals surface area contributed by atoms with Crippen molar-refractivity contribution < 1.29 is 33.4 Å². The monoisotopic (exact) mass is 719 g/mol. The minimum atomic E-state index is -1.17.